The molecule has 2 aromatic carbocycles. The molecular weight excluding hydrogens is 332 g/mol. The van der Waals surface area contributed by atoms with Crippen LogP contribution >= 0.6 is 11.8 Å². The lowest BCUT2D eigenvalue weighted by Gasteiger charge is -2.11. The van der Waals surface area contributed by atoms with Crippen LogP contribution in [0.2, 0.25) is 0 Å². The fourth-order valence-corrected chi connectivity index (χ4v) is 2.93. The molecular formula is C18H19F2NO2S. The molecule has 0 saturated heterocycles. The molecule has 3 nitrogen and oxygen atoms in total. The van der Waals surface area contributed by atoms with E-state index in [2.05, 4.69) is 23.9 Å². The number of thioether (sulfide) groups is 1. The molecule has 6 heteroatoms. The fraction of sp³-hybridized carbons (Fsp3) is 0.278. The van der Waals surface area contributed by atoms with Gasteiger partial charge in [0.1, 0.15) is 5.75 Å². The monoisotopic (exact) mass is 351 g/mol. The summed E-state index contributed by atoms with van der Waals surface area (Å²) in [5, 5.41) is 3.19. The van der Waals surface area contributed by atoms with E-state index in [4.69, 9.17) is 0 Å². The Morgan fingerprint density at radius 3 is 2.42 bits per heavy atom. The van der Waals surface area contributed by atoms with Gasteiger partial charge in [0.15, 0.2) is 0 Å². The first-order chi connectivity index (χ1) is 11.5. The minimum absolute atomic E-state index is 0.0662. The number of halogens is 2. The Morgan fingerprint density at radius 2 is 1.79 bits per heavy atom. The van der Waals surface area contributed by atoms with E-state index in [0.29, 0.717) is 16.4 Å². The van der Waals surface area contributed by atoms with Crippen molar-refractivity contribution in [3.8, 4) is 5.75 Å². The Morgan fingerprint density at radius 1 is 1.12 bits per heavy atom. The maximum Gasteiger partial charge on any atom is 0.387 e. The molecule has 0 heterocycles. The van der Waals surface area contributed by atoms with Crippen LogP contribution in [0.25, 0.3) is 0 Å². The van der Waals surface area contributed by atoms with E-state index in [1.54, 1.807) is 42.1 Å². The Balaban J connectivity index is 1.98. The van der Waals surface area contributed by atoms with Gasteiger partial charge in [0.25, 0.3) is 5.91 Å². The van der Waals surface area contributed by atoms with Gasteiger partial charge in [-0.2, -0.15) is 8.78 Å². The number of alkyl halides is 2. The van der Waals surface area contributed by atoms with Gasteiger partial charge < -0.3 is 10.1 Å². The largest absolute Gasteiger partial charge is 0.434 e. The van der Waals surface area contributed by atoms with E-state index in [0.717, 1.165) is 4.90 Å². The van der Waals surface area contributed by atoms with E-state index in [-0.39, 0.29) is 18.2 Å². The molecule has 24 heavy (non-hydrogen) atoms. The SMILES string of the molecule is CC(C)Sc1ccc(C(=O)NCc2ccccc2OC(F)F)cc1. The number of hydrogen-bond donors (Lipinski definition) is 1. The average molecular weight is 351 g/mol. The number of benzene rings is 2. The predicted molar refractivity (Wildman–Crippen MR) is 91.7 cm³/mol. The highest BCUT2D eigenvalue weighted by atomic mass is 32.2. The third-order valence-electron chi connectivity index (χ3n) is 3.12. The van der Waals surface area contributed by atoms with Crippen LogP contribution in [-0.2, 0) is 6.54 Å². The van der Waals surface area contributed by atoms with Crippen molar-refractivity contribution < 1.29 is 18.3 Å². The maximum atomic E-state index is 12.4. The second-order valence-electron chi connectivity index (χ2n) is 5.36. The van der Waals surface area contributed by atoms with Gasteiger partial charge in [0.2, 0.25) is 0 Å². The van der Waals surface area contributed by atoms with Gasteiger partial charge in [-0.25, -0.2) is 0 Å². The zero-order valence-corrected chi connectivity index (χ0v) is 14.3. The quantitative estimate of drug-likeness (QED) is 0.734. The van der Waals surface area contributed by atoms with Gasteiger partial charge in [0, 0.05) is 27.8 Å². The van der Waals surface area contributed by atoms with Crippen molar-refractivity contribution in [2.24, 2.45) is 0 Å². The van der Waals surface area contributed by atoms with Crippen molar-refractivity contribution in [1.82, 2.24) is 5.32 Å². The van der Waals surface area contributed by atoms with Crippen molar-refractivity contribution in [3.63, 3.8) is 0 Å². The zero-order valence-electron chi connectivity index (χ0n) is 13.5. The summed E-state index contributed by atoms with van der Waals surface area (Å²) < 4.78 is 29.2. The van der Waals surface area contributed by atoms with Gasteiger partial charge >= 0.3 is 6.61 Å². The van der Waals surface area contributed by atoms with Crippen molar-refractivity contribution in [3.05, 3.63) is 59.7 Å². The highest BCUT2D eigenvalue weighted by molar-refractivity contribution is 7.99. The summed E-state index contributed by atoms with van der Waals surface area (Å²) >= 11 is 1.72. The molecule has 0 aliphatic heterocycles. The molecule has 0 bridgehead atoms. The highest BCUT2D eigenvalue weighted by Gasteiger charge is 2.11. The smallest absolute Gasteiger partial charge is 0.387 e. The molecule has 0 saturated carbocycles. The summed E-state index contributed by atoms with van der Waals surface area (Å²) in [6, 6.07) is 13.7. The van der Waals surface area contributed by atoms with Crippen LogP contribution in [0, 0.1) is 0 Å². The highest BCUT2D eigenvalue weighted by Crippen LogP contribution is 2.23. The summed E-state index contributed by atoms with van der Waals surface area (Å²) in [5.74, 6) is -0.195. The summed E-state index contributed by atoms with van der Waals surface area (Å²) in [4.78, 5) is 13.3. The third-order valence-corrected chi connectivity index (χ3v) is 4.13. The molecule has 0 spiro atoms. The first-order valence-corrected chi connectivity index (χ1v) is 8.41. The maximum absolute atomic E-state index is 12.4. The summed E-state index contributed by atoms with van der Waals surface area (Å²) in [6.07, 6.45) is 0. The van der Waals surface area contributed by atoms with Crippen LogP contribution in [0.3, 0.4) is 0 Å². The van der Waals surface area contributed by atoms with Gasteiger partial charge in [-0.3, -0.25) is 4.79 Å². The molecule has 0 aliphatic rings. The first-order valence-electron chi connectivity index (χ1n) is 7.53. The Hall–Kier alpha value is -2.08. The van der Waals surface area contributed by atoms with Crippen LogP contribution in [0.5, 0.6) is 5.75 Å². The Bertz CT molecular complexity index is 675. The average Bonchev–Trinajstić information content (AvgIpc) is 2.53. The minimum atomic E-state index is -2.90. The summed E-state index contributed by atoms with van der Waals surface area (Å²) in [6.45, 7) is 1.42. The topological polar surface area (TPSA) is 38.3 Å². The molecule has 1 N–H and O–H groups in total. The number of rotatable bonds is 7. The lowest BCUT2D eigenvalue weighted by molar-refractivity contribution is -0.0504. The summed E-state index contributed by atoms with van der Waals surface area (Å²) in [5.41, 5.74) is 1.02. The van der Waals surface area contributed by atoms with Crippen LogP contribution in [0.1, 0.15) is 29.8 Å². The van der Waals surface area contributed by atoms with Crippen LogP contribution in [0.4, 0.5) is 8.78 Å². The van der Waals surface area contributed by atoms with Gasteiger partial charge in [-0.1, -0.05) is 32.0 Å². The predicted octanol–water partition coefficient (Wildman–Crippen LogP) is 4.72. The fourth-order valence-electron chi connectivity index (χ4n) is 2.10. The van der Waals surface area contributed by atoms with Crippen LogP contribution < -0.4 is 10.1 Å². The van der Waals surface area contributed by atoms with Crippen LogP contribution in [-0.4, -0.2) is 17.8 Å². The molecule has 0 aliphatic carbocycles. The normalized spacial score (nSPS) is 10.9. The molecule has 2 rings (SSSR count). The zero-order chi connectivity index (χ0) is 17.5. The number of ether oxygens (including phenoxy) is 1. The van der Waals surface area contributed by atoms with Gasteiger partial charge in [0.05, 0.1) is 0 Å². The number of amides is 1. The van der Waals surface area contributed by atoms with E-state index >= 15 is 0 Å². The second kappa shape index (κ2) is 8.68. The number of nitrogens with one attached hydrogen (secondary N) is 1. The van der Waals surface area contributed by atoms with E-state index in [9.17, 15) is 13.6 Å². The third kappa shape index (κ3) is 5.53. The minimum Gasteiger partial charge on any atom is -0.434 e. The molecule has 0 aromatic heterocycles. The molecule has 2 aromatic rings. The molecule has 0 unspecified atom stereocenters. The van der Waals surface area contributed by atoms with Crippen molar-refractivity contribution in [2.45, 2.75) is 37.1 Å². The molecule has 0 radical (unpaired) electrons. The van der Waals surface area contributed by atoms with E-state index < -0.39 is 6.61 Å². The standard InChI is InChI=1S/C18H19F2NO2S/c1-12(2)24-15-9-7-13(8-10-15)17(22)21-11-14-5-3-4-6-16(14)23-18(19)20/h3-10,12,18H,11H2,1-2H3,(H,21,22). The molecule has 0 fully saturated rings. The Kier molecular flexibility index (Phi) is 6.61. The first kappa shape index (κ1) is 18.3. The van der Waals surface area contributed by atoms with E-state index in [1.165, 1.54) is 6.07 Å². The Labute approximate surface area is 144 Å². The number of carbonyl (C=O) groups is 1. The van der Waals surface area contributed by atoms with Crippen molar-refractivity contribution in [2.75, 3.05) is 0 Å². The van der Waals surface area contributed by atoms with Gasteiger partial charge in [-0.15, -0.1) is 11.8 Å². The molecule has 0 atom stereocenters. The van der Waals surface area contributed by atoms with Crippen molar-refractivity contribution in [1.29, 1.82) is 0 Å². The van der Waals surface area contributed by atoms with Crippen molar-refractivity contribution >= 4 is 17.7 Å². The lowest BCUT2D eigenvalue weighted by Crippen LogP contribution is -2.23. The van der Waals surface area contributed by atoms with E-state index in [1.807, 2.05) is 12.1 Å². The number of hydrogen-bond acceptors (Lipinski definition) is 3. The lowest BCUT2D eigenvalue weighted by atomic mass is 10.2. The summed E-state index contributed by atoms with van der Waals surface area (Å²) in [7, 11) is 0. The molecule has 1 amide bonds. The number of carbonyl (C=O) groups excluding carboxylic acids is 1. The number of para-hydroxylation sites is 1. The second-order valence-corrected chi connectivity index (χ2v) is 7.01. The van der Waals surface area contributed by atoms with Gasteiger partial charge in [-0.05, 0) is 30.3 Å². The molecule has 128 valence electrons. The van der Waals surface area contributed by atoms with Crippen LogP contribution in [0.15, 0.2) is 53.4 Å².